The number of esters is 1. The fourth-order valence-corrected chi connectivity index (χ4v) is 5.10. The van der Waals surface area contributed by atoms with E-state index >= 15 is 0 Å². The van der Waals surface area contributed by atoms with Gasteiger partial charge in [-0.25, -0.2) is 0 Å². The van der Waals surface area contributed by atoms with E-state index in [1.54, 1.807) is 6.92 Å². The molecule has 2 aromatic rings. The van der Waals surface area contributed by atoms with Crippen molar-refractivity contribution in [3.8, 4) is 0 Å². The van der Waals surface area contributed by atoms with E-state index in [2.05, 4.69) is 33.4 Å². The van der Waals surface area contributed by atoms with Gasteiger partial charge in [0.1, 0.15) is 0 Å². The summed E-state index contributed by atoms with van der Waals surface area (Å²) in [5, 5.41) is 3.10. The lowest BCUT2D eigenvalue weighted by Crippen LogP contribution is -2.47. The molecule has 2 heterocycles. The number of hydrogen-bond acceptors (Lipinski definition) is 8. The van der Waals surface area contributed by atoms with Gasteiger partial charge >= 0.3 is 12.1 Å². The van der Waals surface area contributed by atoms with E-state index in [1.807, 2.05) is 30.0 Å². The highest BCUT2D eigenvalue weighted by Crippen LogP contribution is 2.37. The largest absolute Gasteiger partial charge is 0.469 e. The maximum atomic E-state index is 13.1. The molecule has 1 aliphatic rings. The molecule has 0 spiro atoms. The highest BCUT2D eigenvalue weighted by molar-refractivity contribution is 7.09. The van der Waals surface area contributed by atoms with Crippen LogP contribution in [0.5, 0.6) is 0 Å². The molecule has 1 fully saturated rings. The Hall–Kier alpha value is -2.89. The maximum Gasteiger partial charge on any atom is 0.452 e. The van der Waals surface area contributed by atoms with E-state index in [9.17, 15) is 22.8 Å². The van der Waals surface area contributed by atoms with Gasteiger partial charge in [0.25, 0.3) is 0 Å². The predicted octanol–water partition coefficient (Wildman–Crippen LogP) is 5.44. The fourth-order valence-electron chi connectivity index (χ4n) is 4.50. The van der Waals surface area contributed by atoms with Crippen LogP contribution in [0.1, 0.15) is 64.3 Å². The third-order valence-electron chi connectivity index (χ3n) is 6.43. The van der Waals surface area contributed by atoms with Crippen molar-refractivity contribution in [3.63, 3.8) is 0 Å². The van der Waals surface area contributed by atoms with Crippen LogP contribution in [-0.4, -0.2) is 58.9 Å². The Balaban J connectivity index is 1.99. The zero-order chi connectivity index (χ0) is 27.3. The monoisotopic (exact) mass is 541 g/mol. The van der Waals surface area contributed by atoms with E-state index in [0.29, 0.717) is 36.2 Å². The van der Waals surface area contributed by atoms with Gasteiger partial charge in [-0.1, -0.05) is 26.8 Å². The Morgan fingerprint density at radius 3 is 2.46 bits per heavy atom. The van der Waals surface area contributed by atoms with Crippen molar-refractivity contribution < 1.29 is 27.5 Å². The second-order valence-electron chi connectivity index (χ2n) is 9.79. The van der Waals surface area contributed by atoms with Gasteiger partial charge in [0, 0.05) is 44.1 Å². The molecule has 1 aromatic heterocycles. The minimum absolute atomic E-state index is 0.0299. The van der Waals surface area contributed by atoms with Crippen LogP contribution in [0.2, 0.25) is 0 Å². The molecular formula is C25H34F3N5O3S. The molecule has 0 saturated carbocycles. The predicted molar refractivity (Wildman–Crippen MR) is 137 cm³/mol. The lowest BCUT2D eigenvalue weighted by molar-refractivity contribution is -0.144. The third kappa shape index (κ3) is 7.56. The summed E-state index contributed by atoms with van der Waals surface area (Å²) < 4.78 is 47.6. The molecule has 0 bridgehead atoms. The quantitative estimate of drug-likeness (QED) is 0.423. The Bertz CT molecular complexity index is 1080. The zero-order valence-corrected chi connectivity index (χ0v) is 22.6. The van der Waals surface area contributed by atoms with Crippen LogP contribution in [0.3, 0.4) is 0 Å². The molecule has 8 nitrogen and oxygen atoms in total. The SMILES string of the molecule is COC(=O)CC(C)c1ccc(N(CC(C)C)C2CCN(C(C)=O)CC2)c(Nc2nc(C(F)(F)F)ns2)c1. The van der Waals surface area contributed by atoms with Gasteiger partial charge in [0.05, 0.1) is 24.9 Å². The highest BCUT2D eigenvalue weighted by Gasteiger charge is 2.36. The number of ether oxygens (including phenoxy) is 1. The van der Waals surface area contributed by atoms with Crippen LogP contribution in [0.4, 0.5) is 29.7 Å². The molecule has 0 aliphatic carbocycles. The van der Waals surface area contributed by atoms with Gasteiger partial charge in [-0.2, -0.15) is 22.5 Å². The van der Waals surface area contributed by atoms with Gasteiger partial charge in [-0.05, 0) is 42.4 Å². The summed E-state index contributed by atoms with van der Waals surface area (Å²) in [6.45, 7) is 9.70. The zero-order valence-electron chi connectivity index (χ0n) is 21.8. The second-order valence-corrected chi connectivity index (χ2v) is 10.5. The molecule has 0 radical (unpaired) electrons. The number of carbonyl (C=O) groups is 2. The van der Waals surface area contributed by atoms with E-state index < -0.39 is 12.0 Å². The Labute approximate surface area is 219 Å². The molecular weight excluding hydrogens is 507 g/mol. The summed E-state index contributed by atoms with van der Waals surface area (Å²) in [6, 6.07) is 5.89. The molecule has 37 heavy (non-hydrogen) atoms. The minimum atomic E-state index is -4.63. The molecule has 204 valence electrons. The average Bonchev–Trinajstić information content (AvgIpc) is 3.31. The fraction of sp³-hybridized carbons (Fsp3) is 0.600. The molecule has 1 atom stereocenters. The van der Waals surface area contributed by atoms with Crippen LogP contribution in [-0.2, 0) is 20.5 Å². The smallest absolute Gasteiger partial charge is 0.452 e. The number of alkyl halides is 3. The minimum Gasteiger partial charge on any atom is -0.469 e. The molecule has 1 aromatic carbocycles. The van der Waals surface area contributed by atoms with Crippen molar-refractivity contribution in [2.75, 3.05) is 37.0 Å². The number of anilines is 3. The van der Waals surface area contributed by atoms with Crippen molar-refractivity contribution in [2.24, 2.45) is 5.92 Å². The Morgan fingerprint density at radius 1 is 1.24 bits per heavy atom. The van der Waals surface area contributed by atoms with E-state index in [1.165, 1.54) is 7.11 Å². The van der Waals surface area contributed by atoms with Crippen molar-refractivity contribution in [3.05, 3.63) is 29.6 Å². The average molecular weight is 542 g/mol. The Kier molecular flexibility index (Phi) is 9.38. The number of likely N-dealkylation sites (tertiary alicyclic amines) is 1. The summed E-state index contributed by atoms with van der Waals surface area (Å²) >= 11 is 0.644. The number of nitrogens with zero attached hydrogens (tertiary/aromatic N) is 4. The molecule has 1 saturated heterocycles. The Morgan fingerprint density at radius 2 is 1.92 bits per heavy atom. The first-order valence-electron chi connectivity index (χ1n) is 12.3. The van der Waals surface area contributed by atoms with Gasteiger partial charge in [-0.15, -0.1) is 0 Å². The molecule has 12 heteroatoms. The topological polar surface area (TPSA) is 87.7 Å². The van der Waals surface area contributed by atoms with E-state index in [4.69, 9.17) is 4.74 Å². The van der Waals surface area contributed by atoms with Crippen molar-refractivity contribution >= 4 is 39.9 Å². The van der Waals surface area contributed by atoms with Crippen LogP contribution in [0.15, 0.2) is 18.2 Å². The number of halogens is 3. The third-order valence-corrected chi connectivity index (χ3v) is 7.06. The maximum absolute atomic E-state index is 13.1. The number of rotatable bonds is 9. The van der Waals surface area contributed by atoms with Crippen LogP contribution < -0.4 is 10.2 Å². The normalized spacial score (nSPS) is 15.5. The van der Waals surface area contributed by atoms with Gasteiger partial charge in [0.15, 0.2) is 0 Å². The summed E-state index contributed by atoms with van der Waals surface area (Å²) in [5.74, 6) is -1.33. The van der Waals surface area contributed by atoms with Crippen LogP contribution in [0, 0.1) is 5.92 Å². The molecule has 3 rings (SSSR count). The summed E-state index contributed by atoms with van der Waals surface area (Å²) in [6.07, 6.45) is -2.90. The lowest BCUT2D eigenvalue weighted by atomic mass is 9.95. The van der Waals surface area contributed by atoms with Crippen molar-refractivity contribution in [1.29, 1.82) is 0 Å². The summed E-state index contributed by atoms with van der Waals surface area (Å²) in [7, 11) is 1.33. The molecule has 1 unspecified atom stereocenters. The number of nitrogens with one attached hydrogen (secondary N) is 1. The molecule has 1 amide bonds. The van der Waals surface area contributed by atoms with Crippen LogP contribution >= 0.6 is 11.5 Å². The standard InChI is InChI=1S/C25H34F3N5O3S/c1-15(2)14-33(19-8-10-32(11-9-19)17(4)34)21-7-6-18(16(3)12-22(35)36-5)13-20(21)29-24-30-23(31-37-24)25(26,27)28/h6-7,13,15-16,19H,8-12,14H2,1-5H3,(H,29,30,31). The molecule has 1 N–H and O–H groups in total. The summed E-state index contributed by atoms with van der Waals surface area (Å²) in [5.41, 5.74) is 2.26. The van der Waals surface area contributed by atoms with Crippen molar-refractivity contribution in [1.82, 2.24) is 14.3 Å². The number of carbonyl (C=O) groups excluding carboxylic acids is 2. The lowest BCUT2D eigenvalue weighted by Gasteiger charge is -2.41. The number of hydrogen-bond donors (Lipinski definition) is 1. The number of benzene rings is 1. The highest BCUT2D eigenvalue weighted by atomic mass is 32.1. The van der Waals surface area contributed by atoms with Crippen LogP contribution in [0.25, 0.3) is 0 Å². The van der Waals surface area contributed by atoms with E-state index in [0.717, 1.165) is 30.6 Å². The summed E-state index contributed by atoms with van der Waals surface area (Å²) in [4.78, 5) is 31.4. The number of piperidine rings is 1. The second kappa shape index (κ2) is 12.1. The first-order valence-corrected chi connectivity index (χ1v) is 13.1. The van der Waals surface area contributed by atoms with Crippen molar-refractivity contribution in [2.45, 2.75) is 65.1 Å². The molecule has 1 aliphatic heterocycles. The van der Waals surface area contributed by atoms with Gasteiger partial charge in [0.2, 0.25) is 16.9 Å². The van der Waals surface area contributed by atoms with Gasteiger partial charge in [-0.3, -0.25) is 9.59 Å². The number of aromatic nitrogens is 2. The van der Waals surface area contributed by atoms with Gasteiger partial charge < -0.3 is 19.9 Å². The first-order chi connectivity index (χ1) is 17.4. The van der Waals surface area contributed by atoms with E-state index in [-0.39, 0.29) is 35.4 Å². The number of methoxy groups -OCH3 is 1. The number of amides is 1. The first kappa shape index (κ1) is 28.7.